The maximum atomic E-state index is 11.8. The van der Waals surface area contributed by atoms with Crippen LogP contribution >= 0.6 is 0 Å². The molecule has 0 aliphatic carbocycles. The van der Waals surface area contributed by atoms with E-state index in [0.29, 0.717) is 45.2 Å². The van der Waals surface area contributed by atoms with E-state index in [1.165, 1.54) is 6.33 Å². The second-order valence-electron chi connectivity index (χ2n) is 6.43. The van der Waals surface area contributed by atoms with Gasteiger partial charge in [-0.2, -0.15) is 0 Å². The van der Waals surface area contributed by atoms with Crippen LogP contribution < -0.4 is 10.2 Å². The summed E-state index contributed by atoms with van der Waals surface area (Å²) in [5, 5.41) is 14.7. The molecule has 2 heterocycles. The van der Waals surface area contributed by atoms with Crippen LogP contribution in [0.3, 0.4) is 0 Å². The van der Waals surface area contributed by atoms with E-state index in [4.69, 9.17) is 4.74 Å². The lowest BCUT2D eigenvalue weighted by atomic mass is 10.1. The van der Waals surface area contributed by atoms with Crippen LogP contribution in [0.2, 0.25) is 0 Å². The van der Waals surface area contributed by atoms with Crippen LogP contribution in [-0.2, 0) is 4.74 Å². The van der Waals surface area contributed by atoms with Crippen LogP contribution in [-0.4, -0.2) is 65.2 Å². The van der Waals surface area contributed by atoms with Crippen LogP contribution in [0.4, 0.5) is 22.1 Å². The maximum Gasteiger partial charge on any atom is 0.409 e. The number of aromatic nitrogens is 2. The number of nitrogens with zero attached hydrogens (tertiary/aromatic N) is 5. The third kappa shape index (κ3) is 4.93. The molecule has 0 unspecified atom stereocenters. The summed E-state index contributed by atoms with van der Waals surface area (Å²) in [6, 6.07) is 0. The van der Waals surface area contributed by atoms with Gasteiger partial charge in [0.15, 0.2) is 0 Å². The fourth-order valence-corrected chi connectivity index (χ4v) is 2.69. The quantitative estimate of drug-likeness (QED) is 0.576. The van der Waals surface area contributed by atoms with E-state index in [1.807, 2.05) is 4.90 Å². The zero-order chi connectivity index (χ0) is 19.1. The first-order valence-electron chi connectivity index (χ1n) is 8.84. The lowest BCUT2D eigenvalue weighted by Crippen LogP contribution is -2.49. The number of rotatable bonds is 7. The second kappa shape index (κ2) is 9.16. The van der Waals surface area contributed by atoms with Crippen molar-refractivity contribution in [3.8, 4) is 0 Å². The van der Waals surface area contributed by atoms with Gasteiger partial charge >= 0.3 is 11.8 Å². The molecule has 1 aromatic rings. The molecule has 1 N–H and O–H groups in total. The Labute approximate surface area is 152 Å². The average molecular weight is 366 g/mol. The highest BCUT2D eigenvalue weighted by Crippen LogP contribution is 2.32. The van der Waals surface area contributed by atoms with Crippen molar-refractivity contribution >= 4 is 23.4 Å². The number of carbonyl (C=O) groups excluding carboxylic acids is 1. The van der Waals surface area contributed by atoms with Gasteiger partial charge in [-0.05, 0) is 19.3 Å². The minimum atomic E-state index is -0.454. The van der Waals surface area contributed by atoms with Crippen molar-refractivity contribution in [1.29, 1.82) is 0 Å². The molecule has 1 saturated heterocycles. The molecular formula is C16H26N6O4. The predicted octanol–water partition coefficient (Wildman–Crippen LogP) is 2.12. The molecule has 0 spiro atoms. The Morgan fingerprint density at radius 1 is 1.35 bits per heavy atom. The summed E-state index contributed by atoms with van der Waals surface area (Å²) in [5.41, 5.74) is -0.124. The number of anilines is 2. The van der Waals surface area contributed by atoms with E-state index in [9.17, 15) is 14.9 Å². The minimum Gasteiger partial charge on any atom is -0.450 e. The van der Waals surface area contributed by atoms with Crippen LogP contribution in [0.15, 0.2) is 6.33 Å². The highest BCUT2D eigenvalue weighted by molar-refractivity contribution is 5.71. The van der Waals surface area contributed by atoms with E-state index >= 15 is 0 Å². The number of hydrogen-bond donors (Lipinski definition) is 1. The lowest BCUT2D eigenvalue weighted by molar-refractivity contribution is -0.383. The lowest BCUT2D eigenvalue weighted by Gasteiger charge is -2.34. The first-order chi connectivity index (χ1) is 12.4. The molecule has 2 rings (SSSR count). The van der Waals surface area contributed by atoms with Gasteiger partial charge in [0, 0.05) is 32.7 Å². The number of hydrogen-bond acceptors (Lipinski definition) is 8. The average Bonchev–Trinajstić information content (AvgIpc) is 2.61. The molecule has 0 saturated carbocycles. The summed E-state index contributed by atoms with van der Waals surface area (Å²) in [5.74, 6) is 0.993. The van der Waals surface area contributed by atoms with Crippen molar-refractivity contribution in [2.45, 2.75) is 27.2 Å². The monoisotopic (exact) mass is 366 g/mol. The molecule has 0 radical (unpaired) electrons. The van der Waals surface area contributed by atoms with Crippen molar-refractivity contribution in [1.82, 2.24) is 14.9 Å². The summed E-state index contributed by atoms with van der Waals surface area (Å²) < 4.78 is 4.99. The first kappa shape index (κ1) is 19.7. The van der Waals surface area contributed by atoms with Crippen molar-refractivity contribution < 1.29 is 14.5 Å². The van der Waals surface area contributed by atoms with Gasteiger partial charge in [-0.1, -0.05) is 13.8 Å². The standard InChI is InChI=1S/C16H26N6O4/c1-4-26-16(23)21-9-7-20(8-10-21)15-13(22(24)25)14(18-11-19-15)17-6-5-12(2)3/h11-12H,4-10H2,1-3H3,(H,17,18,19). The van der Waals surface area contributed by atoms with Gasteiger partial charge in [-0.25, -0.2) is 14.8 Å². The van der Waals surface area contributed by atoms with Gasteiger partial charge in [0.1, 0.15) is 6.33 Å². The third-order valence-electron chi connectivity index (χ3n) is 4.10. The Morgan fingerprint density at radius 3 is 2.62 bits per heavy atom. The van der Waals surface area contributed by atoms with E-state index in [2.05, 4.69) is 29.1 Å². The van der Waals surface area contributed by atoms with Crippen LogP contribution in [0.25, 0.3) is 0 Å². The zero-order valence-corrected chi connectivity index (χ0v) is 15.5. The van der Waals surface area contributed by atoms with Crippen molar-refractivity contribution in [3.63, 3.8) is 0 Å². The van der Waals surface area contributed by atoms with Gasteiger partial charge < -0.3 is 19.9 Å². The number of nitrogens with one attached hydrogen (secondary N) is 1. The molecule has 0 aromatic carbocycles. The topological polar surface area (TPSA) is 114 Å². The second-order valence-corrected chi connectivity index (χ2v) is 6.43. The molecule has 10 heteroatoms. The molecule has 1 aliphatic heterocycles. The minimum absolute atomic E-state index is 0.124. The Kier molecular flexibility index (Phi) is 6.93. The molecular weight excluding hydrogens is 340 g/mol. The number of ether oxygens (including phenoxy) is 1. The van der Waals surface area contributed by atoms with Crippen LogP contribution in [0.5, 0.6) is 0 Å². The molecule has 1 aliphatic rings. The molecule has 10 nitrogen and oxygen atoms in total. The number of amides is 1. The van der Waals surface area contributed by atoms with Gasteiger partial charge in [-0.3, -0.25) is 10.1 Å². The fourth-order valence-electron chi connectivity index (χ4n) is 2.69. The number of carbonyl (C=O) groups is 1. The molecule has 0 atom stereocenters. The molecule has 1 aromatic heterocycles. The normalized spacial score (nSPS) is 14.5. The SMILES string of the molecule is CCOC(=O)N1CCN(c2ncnc(NCCC(C)C)c2[N+](=O)[O-])CC1. The van der Waals surface area contributed by atoms with E-state index in [1.54, 1.807) is 11.8 Å². The van der Waals surface area contributed by atoms with E-state index in [0.717, 1.165) is 6.42 Å². The molecule has 26 heavy (non-hydrogen) atoms. The molecule has 1 amide bonds. The van der Waals surface area contributed by atoms with Gasteiger partial charge in [-0.15, -0.1) is 0 Å². The Bertz CT molecular complexity index is 631. The van der Waals surface area contributed by atoms with Crippen molar-refractivity contribution in [3.05, 3.63) is 16.4 Å². The zero-order valence-electron chi connectivity index (χ0n) is 15.5. The first-order valence-corrected chi connectivity index (χ1v) is 8.84. The maximum absolute atomic E-state index is 11.8. The highest BCUT2D eigenvalue weighted by atomic mass is 16.6. The smallest absolute Gasteiger partial charge is 0.409 e. The predicted molar refractivity (Wildman–Crippen MR) is 97.4 cm³/mol. The molecule has 0 bridgehead atoms. The highest BCUT2D eigenvalue weighted by Gasteiger charge is 2.30. The Balaban J connectivity index is 2.11. The number of piperazine rings is 1. The van der Waals surface area contributed by atoms with Gasteiger partial charge in [0.25, 0.3) is 0 Å². The Hall–Kier alpha value is -2.65. The Morgan fingerprint density at radius 2 is 2.04 bits per heavy atom. The number of nitro groups is 1. The summed E-state index contributed by atoms with van der Waals surface area (Å²) in [4.78, 5) is 34.5. The van der Waals surface area contributed by atoms with Gasteiger partial charge in [0.05, 0.1) is 11.5 Å². The summed E-state index contributed by atoms with van der Waals surface area (Å²) in [6.45, 7) is 8.60. The van der Waals surface area contributed by atoms with E-state index < -0.39 is 4.92 Å². The molecule has 1 fully saturated rings. The summed E-state index contributed by atoms with van der Waals surface area (Å²) >= 11 is 0. The molecule has 144 valence electrons. The largest absolute Gasteiger partial charge is 0.450 e. The fraction of sp³-hybridized carbons (Fsp3) is 0.688. The van der Waals surface area contributed by atoms with Crippen molar-refractivity contribution in [2.75, 3.05) is 49.5 Å². The summed E-state index contributed by atoms with van der Waals surface area (Å²) in [7, 11) is 0. The van der Waals surface area contributed by atoms with Crippen LogP contribution in [0.1, 0.15) is 27.2 Å². The third-order valence-corrected chi connectivity index (χ3v) is 4.10. The van der Waals surface area contributed by atoms with Gasteiger partial charge in [0.2, 0.25) is 11.6 Å². The van der Waals surface area contributed by atoms with Crippen molar-refractivity contribution in [2.24, 2.45) is 5.92 Å². The summed E-state index contributed by atoms with van der Waals surface area (Å²) in [6.07, 6.45) is 1.85. The van der Waals surface area contributed by atoms with Crippen LogP contribution in [0, 0.1) is 16.0 Å². The van der Waals surface area contributed by atoms with E-state index in [-0.39, 0.29) is 23.4 Å².